The van der Waals surface area contributed by atoms with E-state index < -0.39 is 30.5 Å². The van der Waals surface area contributed by atoms with Crippen molar-refractivity contribution in [3.63, 3.8) is 0 Å². The molecule has 0 heterocycles. The second-order valence-electron chi connectivity index (χ2n) is 3.12. The van der Waals surface area contributed by atoms with E-state index >= 15 is 0 Å². The number of benzene rings is 1. The minimum Gasteiger partial charge on any atom is -0.465 e. The van der Waals surface area contributed by atoms with E-state index in [9.17, 15) is 13.6 Å². The number of esters is 1. The molecule has 0 amide bonds. The molecule has 0 bridgehead atoms. The van der Waals surface area contributed by atoms with Gasteiger partial charge in [0.1, 0.15) is 17.4 Å². The number of ether oxygens (including phenoxy) is 2. The van der Waals surface area contributed by atoms with Gasteiger partial charge in [0.25, 0.3) is 0 Å². The fourth-order valence-electron chi connectivity index (χ4n) is 1.37. The van der Waals surface area contributed by atoms with Crippen molar-refractivity contribution >= 4 is 5.97 Å². The number of nitriles is 1. The molecule has 0 aliphatic heterocycles. The number of rotatable bonds is 4. The summed E-state index contributed by atoms with van der Waals surface area (Å²) < 4.78 is 33.2. The van der Waals surface area contributed by atoms with Gasteiger partial charge in [-0.1, -0.05) is 6.07 Å². The van der Waals surface area contributed by atoms with Crippen molar-refractivity contribution in [3.8, 4) is 11.8 Å². The zero-order valence-electron chi connectivity index (χ0n) is 9.31. The predicted octanol–water partition coefficient (Wildman–Crippen LogP) is 1.44. The van der Waals surface area contributed by atoms with Crippen LogP contribution in [0, 0.1) is 11.3 Å². The number of nitrogens with zero attached hydrogens (tertiary/aromatic N) is 1. The van der Waals surface area contributed by atoms with E-state index in [1.54, 1.807) is 6.07 Å². The van der Waals surface area contributed by atoms with Crippen molar-refractivity contribution < 1.29 is 28.2 Å². The average molecular weight is 257 g/mol. The molecule has 96 valence electrons. The first-order valence-electron chi connectivity index (χ1n) is 4.75. The molecule has 0 radical (unpaired) electrons. The molecule has 18 heavy (non-hydrogen) atoms. The number of methoxy groups -OCH3 is 1. The van der Waals surface area contributed by atoms with Gasteiger partial charge in [-0.2, -0.15) is 14.0 Å². The number of hydrogen-bond donors (Lipinski definition) is 1. The molecule has 0 atom stereocenters. The van der Waals surface area contributed by atoms with Crippen molar-refractivity contribution in [2.75, 3.05) is 7.11 Å². The molecule has 1 rings (SSSR count). The van der Waals surface area contributed by atoms with E-state index in [1.807, 2.05) is 0 Å². The van der Waals surface area contributed by atoms with Gasteiger partial charge in [-0.05, 0) is 6.07 Å². The van der Waals surface area contributed by atoms with E-state index in [4.69, 9.17) is 10.4 Å². The van der Waals surface area contributed by atoms with Gasteiger partial charge in [-0.25, -0.2) is 4.79 Å². The number of alkyl halides is 2. The Hall–Kier alpha value is -2.20. The first-order chi connectivity index (χ1) is 8.54. The average Bonchev–Trinajstić information content (AvgIpc) is 2.36. The highest BCUT2D eigenvalue weighted by atomic mass is 19.3. The van der Waals surface area contributed by atoms with Crippen LogP contribution in [-0.2, 0) is 11.3 Å². The zero-order valence-corrected chi connectivity index (χ0v) is 9.31. The fourth-order valence-corrected chi connectivity index (χ4v) is 1.37. The van der Waals surface area contributed by atoms with Crippen molar-refractivity contribution in [2.24, 2.45) is 0 Å². The molecule has 1 aromatic carbocycles. The van der Waals surface area contributed by atoms with Gasteiger partial charge in [0.05, 0.1) is 19.3 Å². The minimum atomic E-state index is -3.19. The molecule has 7 heteroatoms. The summed E-state index contributed by atoms with van der Waals surface area (Å²) in [5, 5.41) is 17.8. The van der Waals surface area contributed by atoms with Crippen LogP contribution < -0.4 is 4.74 Å². The summed E-state index contributed by atoms with van der Waals surface area (Å²) in [5.74, 6) is -1.53. The van der Waals surface area contributed by atoms with Crippen LogP contribution in [0.4, 0.5) is 8.78 Å². The summed E-state index contributed by atoms with van der Waals surface area (Å²) in [6, 6.07) is 4.11. The minimum absolute atomic E-state index is 0.0327. The molecule has 0 fully saturated rings. The highest BCUT2D eigenvalue weighted by molar-refractivity contribution is 5.95. The van der Waals surface area contributed by atoms with Gasteiger partial charge in [-0.3, -0.25) is 0 Å². The standard InChI is InChI=1S/C11H9F2NO4/c1-17-10(16)8-6(4-14)2-3-7(5-15)9(8)18-11(12)13/h2-3,11,15H,5H2,1H3. The molecular formula is C11H9F2NO4. The van der Waals surface area contributed by atoms with E-state index in [0.717, 1.165) is 7.11 Å². The van der Waals surface area contributed by atoms with Gasteiger partial charge in [0.15, 0.2) is 0 Å². The summed E-state index contributed by atoms with van der Waals surface area (Å²) in [6.45, 7) is -3.80. The maximum atomic E-state index is 12.3. The molecule has 1 aromatic rings. The lowest BCUT2D eigenvalue weighted by Crippen LogP contribution is -2.13. The Morgan fingerprint density at radius 3 is 2.67 bits per heavy atom. The Morgan fingerprint density at radius 2 is 2.22 bits per heavy atom. The van der Waals surface area contributed by atoms with Crippen molar-refractivity contribution in [1.29, 1.82) is 5.26 Å². The third kappa shape index (κ3) is 2.73. The highest BCUT2D eigenvalue weighted by Gasteiger charge is 2.23. The third-order valence-corrected chi connectivity index (χ3v) is 2.13. The smallest absolute Gasteiger partial charge is 0.387 e. The van der Waals surface area contributed by atoms with Crippen LogP contribution in [0.15, 0.2) is 12.1 Å². The van der Waals surface area contributed by atoms with Gasteiger partial charge in [0, 0.05) is 5.56 Å². The molecule has 0 aliphatic carbocycles. The van der Waals surface area contributed by atoms with Gasteiger partial charge in [0.2, 0.25) is 0 Å². The largest absolute Gasteiger partial charge is 0.465 e. The number of carbonyl (C=O) groups is 1. The Labute approximate surface area is 101 Å². The van der Waals surface area contributed by atoms with Crippen LogP contribution >= 0.6 is 0 Å². The molecule has 0 unspecified atom stereocenters. The lowest BCUT2D eigenvalue weighted by Gasteiger charge is -2.14. The Kier molecular flexibility index (Phi) is 4.57. The molecule has 5 nitrogen and oxygen atoms in total. The number of aliphatic hydroxyl groups is 1. The fraction of sp³-hybridized carbons (Fsp3) is 0.273. The quantitative estimate of drug-likeness (QED) is 0.825. The second kappa shape index (κ2) is 5.93. The number of aliphatic hydroxyl groups excluding tert-OH is 1. The van der Waals surface area contributed by atoms with E-state index in [-0.39, 0.29) is 11.1 Å². The molecule has 0 saturated carbocycles. The van der Waals surface area contributed by atoms with Crippen molar-refractivity contribution in [2.45, 2.75) is 13.2 Å². The lowest BCUT2D eigenvalue weighted by atomic mass is 10.0. The normalized spacial score (nSPS) is 10.0. The zero-order chi connectivity index (χ0) is 13.7. The molecule has 0 spiro atoms. The number of hydrogen-bond acceptors (Lipinski definition) is 5. The molecule has 1 N–H and O–H groups in total. The van der Waals surface area contributed by atoms with Crippen LogP contribution in [0.1, 0.15) is 21.5 Å². The Morgan fingerprint density at radius 1 is 1.56 bits per heavy atom. The van der Waals surface area contributed by atoms with E-state index in [1.165, 1.54) is 12.1 Å². The highest BCUT2D eigenvalue weighted by Crippen LogP contribution is 2.29. The Balaban J connectivity index is 3.48. The second-order valence-corrected chi connectivity index (χ2v) is 3.12. The van der Waals surface area contributed by atoms with Crippen LogP contribution in [0.25, 0.3) is 0 Å². The third-order valence-electron chi connectivity index (χ3n) is 2.13. The van der Waals surface area contributed by atoms with Crippen LogP contribution in [-0.4, -0.2) is 24.8 Å². The molecule has 0 aromatic heterocycles. The van der Waals surface area contributed by atoms with Crippen LogP contribution in [0.5, 0.6) is 5.75 Å². The maximum absolute atomic E-state index is 12.3. The van der Waals surface area contributed by atoms with Crippen LogP contribution in [0.2, 0.25) is 0 Å². The molecular weight excluding hydrogens is 248 g/mol. The first-order valence-corrected chi connectivity index (χ1v) is 4.75. The number of carbonyl (C=O) groups excluding carboxylic acids is 1. The van der Waals surface area contributed by atoms with E-state index in [2.05, 4.69) is 9.47 Å². The van der Waals surface area contributed by atoms with Gasteiger partial charge in [-0.15, -0.1) is 0 Å². The topological polar surface area (TPSA) is 79.6 Å². The first kappa shape index (κ1) is 13.9. The number of halogens is 2. The van der Waals surface area contributed by atoms with Gasteiger partial charge < -0.3 is 14.6 Å². The van der Waals surface area contributed by atoms with Crippen molar-refractivity contribution in [3.05, 3.63) is 28.8 Å². The van der Waals surface area contributed by atoms with Crippen molar-refractivity contribution in [1.82, 2.24) is 0 Å². The Bertz CT molecular complexity index is 497. The van der Waals surface area contributed by atoms with E-state index in [0.29, 0.717) is 0 Å². The molecule has 0 aliphatic rings. The van der Waals surface area contributed by atoms with Gasteiger partial charge >= 0.3 is 12.6 Å². The lowest BCUT2D eigenvalue weighted by molar-refractivity contribution is -0.0515. The SMILES string of the molecule is COC(=O)c1c(C#N)ccc(CO)c1OC(F)F. The summed E-state index contributed by atoms with van der Waals surface area (Å²) in [5.41, 5.74) is -0.628. The summed E-state index contributed by atoms with van der Waals surface area (Å²) in [7, 11) is 1.04. The van der Waals surface area contributed by atoms with Crippen LogP contribution in [0.3, 0.4) is 0 Å². The predicted molar refractivity (Wildman–Crippen MR) is 55.1 cm³/mol. The summed E-state index contributed by atoms with van der Waals surface area (Å²) in [6.07, 6.45) is 0. The summed E-state index contributed by atoms with van der Waals surface area (Å²) >= 11 is 0. The molecule has 0 saturated heterocycles. The maximum Gasteiger partial charge on any atom is 0.387 e. The monoisotopic (exact) mass is 257 g/mol. The summed E-state index contributed by atoms with van der Waals surface area (Å²) in [4.78, 5) is 11.5.